The van der Waals surface area contributed by atoms with Crippen molar-refractivity contribution >= 4 is 5.97 Å². The van der Waals surface area contributed by atoms with Gasteiger partial charge >= 0.3 is 5.97 Å². The second-order valence-corrected chi connectivity index (χ2v) is 4.85. The molecule has 0 fully saturated rings. The van der Waals surface area contributed by atoms with Gasteiger partial charge in [-0.05, 0) is 31.0 Å². The van der Waals surface area contributed by atoms with Crippen molar-refractivity contribution in [2.45, 2.75) is 32.2 Å². The van der Waals surface area contributed by atoms with E-state index in [9.17, 15) is 9.90 Å². The molecule has 0 aromatic heterocycles. The maximum Gasteiger partial charge on any atom is 0.335 e. The SMILES string of the molecule is C=C(C)C[C@@H](OC)[C@H](OCc1ccc(OC)cc1)C(=O)O. The Balaban J connectivity index is 2.69. The Morgan fingerprint density at radius 1 is 1.29 bits per heavy atom. The maximum atomic E-state index is 11.3. The summed E-state index contributed by atoms with van der Waals surface area (Å²) in [6.07, 6.45) is -1.15. The highest BCUT2D eigenvalue weighted by molar-refractivity contribution is 5.73. The summed E-state index contributed by atoms with van der Waals surface area (Å²) in [5, 5.41) is 9.29. The first-order chi connectivity index (χ1) is 9.97. The molecule has 0 heterocycles. The molecule has 2 atom stereocenters. The van der Waals surface area contributed by atoms with Gasteiger partial charge in [0.15, 0.2) is 6.10 Å². The van der Waals surface area contributed by atoms with Crippen LogP contribution in [0.1, 0.15) is 18.9 Å². The molecule has 1 aromatic rings. The number of carbonyl (C=O) groups is 1. The van der Waals surface area contributed by atoms with E-state index in [4.69, 9.17) is 14.2 Å². The smallest absolute Gasteiger partial charge is 0.335 e. The summed E-state index contributed by atoms with van der Waals surface area (Å²) < 4.78 is 15.8. The van der Waals surface area contributed by atoms with Gasteiger partial charge in [-0.15, -0.1) is 6.58 Å². The molecule has 0 radical (unpaired) electrons. The molecule has 0 bridgehead atoms. The molecule has 0 aliphatic rings. The first-order valence-corrected chi connectivity index (χ1v) is 6.62. The predicted octanol–water partition coefficient (Wildman–Crippen LogP) is 2.65. The fraction of sp³-hybridized carbons (Fsp3) is 0.438. The van der Waals surface area contributed by atoms with Crippen LogP contribution in [0, 0.1) is 0 Å². The molecular formula is C16H22O5. The van der Waals surface area contributed by atoms with E-state index in [1.54, 1.807) is 19.2 Å². The molecule has 1 N–H and O–H groups in total. The van der Waals surface area contributed by atoms with E-state index in [1.807, 2.05) is 19.1 Å². The molecule has 0 amide bonds. The number of hydrogen-bond donors (Lipinski definition) is 1. The van der Waals surface area contributed by atoms with Crippen LogP contribution in [0.2, 0.25) is 0 Å². The van der Waals surface area contributed by atoms with Gasteiger partial charge in [0, 0.05) is 7.11 Å². The Morgan fingerprint density at radius 2 is 1.90 bits per heavy atom. The average molecular weight is 294 g/mol. The Bertz CT molecular complexity index is 466. The number of ether oxygens (including phenoxy) is 3. The number of carboxylic acids is 1. The van der Waals surface area contributed by atoms with Gasteiger partial charge in [-0.2, -0.15) is 0 Å². The van der Waals surface area contributed by atoms with E-state index in [0.29, 0.717) is 6.42 Å². The largest absolute Gasteiger partial charge is 0.497 e. The zero-order valence-corrected chi connectivity index (χ0v) is 12.7. The van der Waals surface area contributed by atoms with E-state index in [0.717, 1.165) is 16.9 Å². The van der Waals surface area contributed by atoms with Gasteiger partial charge in [-0.1, -0.05) is 17.7 Å². The molecule has 0 spiro atoms. The highest BCUT2D eigenvalue weighted by atomic mass is 16.6. The zero-order valence-electron chi connectivity index (χ0n) is 12.7. The van der Waals surface area contributed by atoms with Crippen LogP contribution in [0.5, 0.6) is 5.75 Å². The van der Waals surface area contributed by atoms with Gasteiger partial charge in [0.2, 0.25) is 0 Å². The lowest BCUT2D eigenvalue weighted by Crippen LogP contribution is -2.38. The molecule has 5 nitrogen and oxygen atoms in total. The number of methoxy groups -OCH3 is 2. The lowest BCUT2D eigenvalue weighted by Gasteiger charge is -2.23. The van der Waals surface area contributed by atoms with Gasteiger partial charge in [0.05, 0.1) is 19.8 Å². The van der Waals surface area contributed by atoms with Gasteiger partial charge in [-0.3, -0.25) is 0 Å². The average Bonchev–Trinajstić information content (AvgIpc) is 2.46. The Kier molecular flexibility index (Phi) is 6.91. The van der Waals surface area contributed by atoms with Crippen LogP contribution in [0.4, 0.5) is 0 Å². The topological polar surface area (TPSA) is 65.0 Å². The second-order valence-electron chi connectivity index (χ2n) is 4.85. The molecule has 1 aromatic carbocycles. The molecular weight excluding hydrogens is 272 g/mol. The normalized spacial score (nSPS) is 13.5. The highest BCUT2D eigenvalue weighted by Gasteiger charge is 2.29. The van der Waals surface area contributed by atoms with E-state index >= 15 is 0 Å². The van der Waals surface area contributed by atoms with Crippen LogP contribution in [0.25, 0.3) is 0 Å². The summed E-state index contributed by atoms with van der Waals surface area (Å²) in [6.45, 7) is 5.80. The quantitative estimate of drug-likeness (QED) is 0.709. The van der Waals surface area contributed by atoms with Crippen molar-refractivity contribution in [1.82, 2.24) is 0 Å². The van der Waals surface area contributed by atoms with E-state index < -0.39 is 18.2 Å². The van der Waals surface area contributed by atoms with Crippen LogP contribution < -0.4 is 4.74 Å². The molecule has 0 saturated heterocycles. The number of carboxylic acid groups (broad SMARTS) is 1. The molecule has 21 heavy (non-hydrogen) atoms. The summed E-state index contributed by atoms with van der Waals surface area (Å²) in [5.74, 6) is -0.304. The standard InChI is InChI=1S/C16H22O5/c1-11(2)9-14(20-4)15(16(17)18)21-10-12-5-7-13(19-3)8-6-12/h5-8,14-15H,1,9-10H2,2-4H3,(H,17,18)/t14-,15+/m1/s1. The van der Waals surface area contributed by atoms with Crippen molar-refractivity contribution in [1.29, 1.82) is 0 Å². The van der Waals surface area contributed by atoms with Crippen molar-refractivity contribution < 1.29 is 24.1 Å². The van der Waals surface area contributed by atoms with E-state index in [2.05, 4.69) is 6.58 Å². The zero-order chi connectivity index (χ0) is 15.8. The minimum atomic E-state index is -1.04. The summed E-state index contributed by atoms with van der Waals surface area (Å²) in [4.78, 5) is 11.3. The molecule has 0 saturated carbocycles. The maximum absolute atomic E-state index is 11.3. The first kappa shape index (κ1) is 17.2. The minimum Gasteiger partial charge on any atom is -0.497 e. The third kappa shape index (κ3) is 5.57. The van der Waals surface area contributed by atoms with Crippen LogP contribution in [0.15, 0.2) is 36.4 Å². The fourth-order valence-electron chi connectivity index (χ4n) is 1.90. The van der Waals surface area contributed by atoms with Crippen LogP contribution in [-0.2, 0) is 20.9 Å². The van der Waals surface area contributed by atoms with Gasteiger partial charge in [0.25, 0.3) is 0 Å². The van der Waals surface area contributed by atoms with Gasteiger partial charge < -0.3 is 19.3 Å². The summed E-state index contributed by atoms with van der Waals surface area (Å²) in [6, 6.07) is 7.27. The first-order valence-electron chi connectivity index (χ1n) is 6.62. The van der Waals surface area contributed by atoms with Crippen molar-refractivity contribution in [3.05, 3.63) is 42.0 Å². The molecule has 0 unspecified atom stereocenters. The van der Waals surface area contributed by atoms with Crippen molar-refractivity contribution in [3.8, 4) is 5.75 Å². The molecule has 116 valence electrons. The summed E-state index contributed by atoms with van der Waals surface area (Å²) in [5.41, 5.74) is 1.72. The van der Waals surface area contributed by atoms with Crippen LogP contribution in [-0.4, -0.2) is 37.5 Å². The fourth-order valence-corrected chi connectivity index (χ4v) is 1.90. The lowest BCUT2D eigenvalue weighted by atomic mass is 10.1. The lowest BCUT2D eigenvalue weighted by molar-refractivity contribution is -0.161. The number of benzene rings is 1. The second kappa shape index (κ2) is 8.44. The van der Waals surface area contributed by atoms with Crippen LogP contribution in [0.3, 0.4) is 0 Å². The Labute approximate surface area is 125 Å². The van der Waals surface area contributed by atoms with E-state index in [-0.39, 0.29) is 6.61 Å². The van der Waals surface area contributed by atoms with Crippen molar-refractivity contribution in [2.75, 3.05) is 14.2 Å². The Hall–Kier alpha value is -1.85. The molecule has 0 aliphatic carbocycles. The van der Waals surface area contributed by atoms with Crippen LogP contribution >= 0.6 is 0 Å². The third-order valence-corrected chi connectivity index (χ3v) is 3.02. The molecule has 1 rings (SSSR count). The van der Waals surface area contributed by atoms with Crippen molar-refractivity contribution in [2.24, 2.45) is 0 Å². The number of aliphatic carboxylic acids is 1. The monoisotopic (exact) mass is 294 g/mol. The number of rotatable bonds is 9. The van der Waals surface area contributed by atoms with Crippen molar-refractivity contribution in [3.63, 3.8) is 0 Å². The predicted molar refractivity (Wildman–Crippen MR) is 79.4 cm³/mol. The third-order valence-electron chi connectivity index (χ3n) is 3.02. The molecule has 0 aliphatic heterocycles. The summed E-state index contributed by atoms with van der Waals surface area (Å²) >= 11 is 0. The van der Waals surface area contributed by atoms with Gasteiger partial charge in [0.1, 0.15) is 5.75 Å². The Morgan fingerprint density at radius 3 is 2.33 bits per heavy atom. The van der Waals surface area contributed by atoms with Gasteiger partial charge in [-0.25, -0.2) is 4.79 Å². The highest BCUT2D eigenvalue weighted by Crippen LogP contribution is 2.17. The van der Waals surface area contributed by atoms with E-state index in [1.165, 1.54) is 7.11 Å². The summed E-state index contributed by atoms with van der Waals surface area (Å²) in [7, 11) is 3.06. The minimum absolute atomic E-state index is 0.191. The molecule has 5 heteroatoms. The number of hydrogen-bond acceptors (Lipinski definition) is 4.